The lowest BCUT2D eigenvalue weighted by atomic mass is 10.2. The Bertz CT molecular complexity index is 595. The lowest BCUT2D eigenvalue weighted by Crippen LogP contribution is -2.32. The van der Waals surface area contributed by atoms with Crippen LogP contribution in [0.2, 0.25) is 0 Å². The van der Waals surface area contributed by atoms with E-state index >= 15 is 0 Å². The molecule has 1 heterocycles. The number of carbonyl (C=O) groups is 4. The fourth-order valence-corrected chi connectivity index (χ4v) is 1.67. The Balaban J connectivity index is 1.82. The lowest BCUT2D eigenvalue weighted by Gasteiger charge is -2.12. The Kier molecular flexibility index (Phi) is 4.57. The van der Waals surface area contributed by atoms with E-state index in [2.05, 4.69) is 9.57 Å². The number of carbonyl (C=O) groups excluding carboxylic acids is 4. The van der Waals surface area contributed by atoms with Crippen molar-refractivity contribution in [2.24, 2.45) is 5.73 Å². The van der Waals surface area contributed by atoms with Crippen LogP contribution < -0.4 is 10.5 Å². The van der Waals surface area contributed by atoms with E-state index in [1.165, 1.54) is 24.3 Å². The molecule has 1 aromatic carbocycles. The Morgan fingerprint density at radius 1 is 1.09 bits per heavy atom. The summed E-state index contributed by atoms with van der Waals surface area (Å²) in [4.78, 5) is 48.9. The molecule has 0 saturated carbocycles. The number of imide groups is 1. The summed E-state index contributed by atoms with van der Waals surface area (Å²) in [7, 11) is 0. The zero-order valence-corrected chi connectivity index (χ0v) is 11.3. The molecule has 22 heavy (non-hydrogen) atoms. The topological polar surface area (TPSA) is 125 Å². The third kappa shape index (κ3) is 3.95. The smallest absolute Gasteiger partial charge is 0.428 e. The number of amides is 3. The van der Waals surface area contributed by atoms with Gasteiger partial charge in [-0.05, 0) is 17.7 Å². The number of primary amides is 1. The van der Waals surface area contributed by atoms with Crippen LogP contribution in [0.4, 0.5) is 9.59 Å². The first kappa shape index (κ1) is 15.3. The average Bonchev–Trinajstić information content (AvgIpc) is 2.78. The molecule has 0 aromatic heterocycles. The van der Waals surface area contributed by atoms with E-state index in [0.717, 1.165) is 0 Å². The standard InChI is InChI=1S/C13H12N2O7/c14-12(18)21-9-3-1-8(2-4-9)7-20-13(19)22-15-10(16)5-6-11(15)17/h1-4H,5-7H2,(H2,14,18). The van der Waals surface area contributed by atoms with Crippen molar-refractivity contribution in [3.05, 3.63) is 29.8 Å². The second-order valence-corrected chi connectivity index (χ2v) is 4.28. The van der Waals surface area contributed by atoms with Crippen molar-refractivity contribution >= 4 is 24.1 Å². The molecule has 9 nitrogen and oxygen atoms in total. The molecule has 0 atom stereocenters. The minimum absolute atomic E-state index is 0.00738. The quantitative estimate of drug-likeness (QED) is 0.645. The second-order valence-electron chi connectivity index (χ2n) is 4.28. The molecule has 116 valence electrons. The minimum atomic E-state index is -1.17. The SMILES string of the molecule is NC(=O)Oc1ccc(COC(=O)ON2C(=O)CCC2=O)cc1. The molecule has 0 aliphatic carbocycles. The number of benzene rings is 1. The summed E-state index contributed by atoms with van der Waals surface area (Å²) in [5.74, 6) is -0.933. The van der Waals surface area contributed by atoms with E-state index in [1.807, 2.05) is 0 Å². The molecule has 1 aromatic rings. The second kappa shape index (κ2) is 6.57. The maximum atomic E-state index is 11.4. The Morgan fingerprint density at radius 3 is 2.23 bits per heavy atom. The molecule has 9 heteroatoms. The van der Waals surface area contributed by atoms with Crippen LogP contribution >= 0.6 is 0 Å². The van der Waals surface area contributed by atoms with Gasteiger partial charge in [-0.3, -0.25) is 14.4 Å². The summed E-state index contributed by atoms with van der Waals surface area (Å²) in [5, 5.41) is 0.395. The highest BCUT2D eigenvalue weighted by Crippen LogP contribution is 2.15. The van der Waals surface area contributed by atoms with Gasteiger partial charge in [-0.25, -0.2) is 9.59 Å². The van der Waals surface area contributed by atoms with Gasteiger partial charge in [-0.2, -0.15) is 0 Å². The first-order chi connectivity index (χ1) is 10.5. The molecule has 2 N–H and O–H groups in total. The summed E-state index contributed by atoms with van der Waals surface area (Å²) in [5.41, 5.74) is 5.43. The van der Waals surface area contributed by atoms with Crippen molar-refractivity contribution in [1.82, 2.24) is 5.06 Å². The van der Waals surface area contributed by atoms with E-state index < -0.39 is 24.1 Å². The number of nitrogens with two attached hydrogens (primary N) is 1. The zero-order chi connectivity index (χ0) is 16.1. The Morgan fingerprint density at radius 2 is 1.68 bits per heavy atom. The van der Waals surface area contributed by atoms with Crippen LogP contribution in [0, 0.1) is 0 Å². The molecular formula is C13H12N2O7. The fraction of sp³-hybridized carbons (Fsp3) is 0.231. The molecule has 1 fully saturated rings. The van der Waals surface area contributed by atoms with Gasteiger partial charge in [0.05, 0.1) is 0 Å². The van der Waals surface area contributed by atoms with Crippen LogP contribution in [0.1, 0.15) is 18.4 Å². The van der Waals surface area contributed by atoms with Gasteiger partial charge in [0, 0.05) is 12.8 Å². The van der Waals surface area contributed by atoms with E-state index in [4.69, 9.17) is 10.5 Å². The molecular weight excluding hydrogens is 296 g/mol. The molecule has 0 unspecified atom stereocenters. The first-order valence-corrected chi connectivity index (χ1v) is 6.22. The van der Waals surface area contributed by atoms with Crippen molar-refractivity contribution in [3.8, 4) is 5.75 Å². The van der Waals surface area contributed by atoms with Crippen molar-refractivity contribution in [2.45, 2.75) is 19.4 Å². The molecule has 0 bridgehead atoms. The van der Waals surface area contributed by atoms with Gasteiger partial charge >= 0.3 is 12.2 Å². The third-order valence-electron chi connectivity index (χ3n) is 2.67. The lowest BCUT2D eigenvalue weighted by molar-refractivity contribution is -0.177. The van der Waals surface area contributed by atoms with E-state index in [1.54, 1.807) is 0 Å². The highest BCUT2D eigenvalue weighted by Gasteiger charge is 2.33. The highest BCUT2D eigenvalue weighted by atomic mass is 16.8. The van der Waals surface area contributed by atoms with Gasteiger partial charge in [0.1, 0.15) is 12.4 Å². The summed E-state index contributed by atoms with van der Waals surface area (Å²) >= 11 is 0. The van der Waals surface area contributed by atoms with E-state index in [-0.39, 0.29) is 25.2 Å². The predicted octanol–water partition coefficient (Wildman–Crippen LogP) is 0.861. The van der Waals surface area contributed by atoms with Crippen molar-refractivity contribution in [2.75, 3.05) is 0 Å². The van der Waals surface area contributed by atoms with Crippen LogP contribution in [-0.4, -0.2) is 29.1 Å². The molecule has 1 aliphatic heterocycles. The van der Waals surface area contributed by atoms with Crippen LogP contribution in [0.25, 0.3) is 0 Å². The summed E-state index contributed by atoms with van der Waals surface area (Å²) < 4.78 is 9.40. The first-order valence-electron chi connectivity index (χ1n) is 6.22. The van der Waals surface area contributed by atoms with Gasteiger partial charge in [0.2, 0.25) is 0 Å². The number of rotatable bonds is 4. The van der Waals surface area contributed by atoms with E-state index in [9.17, 15) is 19.2 Å². The minimum Gasteiger partial charge on any atom is -0.428 e. The average molecular weight is 308 g/mol. The van der Waals surface area contributed by atoms with Gasteiger partial charge in [0.15, 0.2) is 0 Å². The molecule has 1 saturated heterocycles. The number of hydrogen-bond donors (Lipinski definition) is 1. The summed E-state index contributed by atoms with van der Waals surface area (Å²) in [6.07, 6.45) is -2.09. The molecule has 2 rings (SSSR count). The fourth-order valence-electron chi connectivity index (χ4n) is 1.67. The predicted molar refractivity (Wildman–Crippen MR) is 69.0 cm³/mol. The number of ether oxygens (including phenoxy) is 2. The number of hydroxylamine groups is 2. The molecule has 0 radical (unpaired) electrons. The highest BCUT2D eigenvalue weighted by molar-refractivity contribution is 6.01. The Hall–Kier alpha value is -3.10. The van der Waals surface area contributed by atoms with Gasteiger partial charge in [-0.15, -0.1) is 0 Å². The Labute approximate surface area is 124 Å². The zero-order valence-electron chi connectivity index (χ0n) is 11.3. The number of hydrogen-bond acceptors (Lipinski definition) is 7. The van der Waals surface area contributed by atoms with E-state index in [0.29, 0.717) is 10.6 Å². The van der Waals surface area contributed by atoms with Crippen molar-refractivity contribution in [3.63, 3.8) is 0 Å². The van der Waals surface area contributed by atoms with Gasteiger partial charge < -0.3 is 15.2 Å². The maximum absolute atomic E-state index is 11.4. The maximum Gasteiger partial charge on any atom is 0.534 e. The van der Waals surface area contributed by atoms with Crippen molar-refractivity contribution in [1.29, 1.82) is 0 Å². The van der Waals surface area contributed by atoms with Crippen LogP contribution in [0.5, 0.6) is 5.75 Å². The summed E-state index contributed by atoms with van der Waals surface area (Å²) in [6.45, 7) is -0.147. The monoisotopic (exact) mass is 308 g/mol. The number of nitrogens with zero attached hydrogens (tertiary/aromatic N) is 1. The van der Waals surface area contributed by atoms with Crippen LogP contribution in [0.15, 0.2) is 24.3 Å². The molecule has 0 spiro atoms. The van der Waals surface area contributed by atoms with Crippen molar-refractivity contribution < 1.29 is 33.5 Å². The van der Waals surface area contributed by atoms with Gasteiger partial charge in [-0.1, -0.05) is 17.2 Å². The van der Waals surface area contributed by atoms with Crippen LogP contribution in [-0.2, 0) is 25.8 Å². The third-order valence-corrected chi connectivity index (χ3v) is 2.67. The summed E-state index contributed by atoms with van der Waals surface area (Å²) in [6, 6.07) is 6.00. The van der Waals surface area contributed by atoms with Crippen LogP contribution in [0.3, 0.4) is 0 Å². The van der Waals surface area contributed by atoms with Gasteiger partial charge in [0.25, 0.3) is 11.8 Å². The molecule has 3 amide bonds. The normalized spacial score (nSPS) is 13.9. The largest absolute Gasteiger partial charge is 0.534 e. The molecule has 1 aliphatic rings.